The Morgan fingerprint density at radius 3 is 2.77 bits per heavy atom. The van der Waals surface area contributed by atoms with E-state index >= 15 is 0 Å². The third-order valence-electron chi connectivity index (χ3n) is 3.49. The molecular weight excluding hydrogens is 296 g/mol. The predicted octanol–water partition coefficient (Wildman–Crippen LogP) is 3.96. The second kappa shape index (κ2) is 6.20. The number of nitrogens with zero attached hydrogens (tertiary/aromatic N) is 3. The zero-order valence-corrected chi connectivity index (χ0v) is 13.3. The smallest absolute Gasteiger partial charge is 0.137 e. The van der Waals surface area contributed by atoms with E-state index in [1.165, 1.54) is 11.3 Å². The maximum absolute atomic E-state index is 6.01. The number of benzene rings is 2. The van der Waals surface area contributed by atoms with E-state index in [2.05, 4.69) is 44.5 Å². The molecule has 1 aromatic heterocycles. The van der Waals surface area contributed by atoms with Crippen LogP contribution < -0.4 is 10.2 Å². The fourth-order valence-corrected chi connectivity index (χ4v) is 2.47. The SMILES string of the molecule is CN(C)c1cccc(CNc2ncnc3cc(Cl)ccc23)c1. The van der Waals surface area contributed by atoms with Crippen LogP contribution in [0, 0.1) is 0 Å². The standard InChI is InChI=1S/C17H17ClN4/c1-22(2)14-5-3-4-12(8-14)10-19-17-15-7-6-13(18)9-16(15)20-11-21-17/h3-9,11H,10H2,1-2H3,(H,19,20,21). The Balaban J connectivity index is 1.83. The second-order valence-corrected chi connectivity index (χ2v) is 5.74. The molecule has 1 N–H and O–H groups in total. The van der Waals surface area contributed by atoms with Gasteiger partial charge in [-0.1, -0.05) is 23.7 Å². The van der Waals surface area contributed by atoms with Crippen LogP contribution in [-0.4, -0.2) is 24.1 Å². The minimum absolute atomic E-state index is 0.677. The number of nitrogens with one attached hydrogen (secondary N) is 1. The highest BCUT2D eigenvalue weighted by Crippen LogP contribution is 2.23. The highest BCUT2D eigenvalue weighted by atomic mass is 35.5. The molecule has 3 aromatic rings. The first-order valence-electron chi connectivity index (χ1n) is 7.04. The quantitative estimate of drug-likeness (QED) is 0.791. The van der Waals surface area contributed by atoms with Crippen LogP contribution in [-0.2, 0) is 6.54 Å². The van der Waals surface area contributed by atoms with Crippen molar-refractivity contribution in [2.24, 2.45) is 0 Å². The summed E-state index contributed by atoms with van der Waals surface area (Å²) in [7, 11) is 4.07. The minimum atomic E-state index is 0.677. The topological polar surface area (TPSA) is 41.0 Å². The Morgan fingerprint density at radius 1 is 1.09 bits per heavy atom. The van der Waals surface area contributed by atoms with Crippen LogP contribution in [0.15, 0.2) is 48.8 Å². The molecular formula is C17H17ClN4. The molecule has 0 saturated carbocycles. The molecule has 0 saturated heterocycles. The van der Waals surface area contributed by atoms with Crippen molar-refractivity contribution in [1.29, 1.82) is 0 Å². The van der Waals surface area contributed by atoms with Crippen molar-refractivity contribution in [3.8, 4) is 0 Å². The number of anilines is 2. The number of fused-ring (bicyclic) bond motifs is 1. The highest BCUT2D eigenvalue weighted by molar-refractivity contribution is 6.31. The molecule has 5 heteroatoms. The summed E-state index contributed by atoms with van der Waals surface area (Å²) in [6.45, 7) is 0.705. The summed E-state index contributed by atoms with van der Waals surface area (Å²) in [5.41, 5.74) is 3.22. The van der Waals surface area contributed by atoms with Gasteiger partial charge in [0.05, 0.1) is 5.52 Å². The monoisotopic (exact) mass is 312 g/mol. The average molecular weight is 313 g/mol. The molecule has 0 bridgehead atoms. The van der Waals surface area contributed by atoms with Gasteiger partial charge in [-0.2, -0.15) is 0 Å². The zero-order chi connectivity index (χ0) is 15.5. The van der Waals surface area contributed by atoms with Gasteiger partial charge in [0.1, 0.15) is 12.1 Å². The van der Waals surface area contributed by atoms with Crippen LogP contribution in [0.1, 0.15) is 5.56 Å². The maximum atomic E-state index is 6.01. The first-order chi connectivity index (χ1) is 10.6. The third kappa shape index (κ3) is 3.12. The lowest BCUT2D eigenvalue weighted by atomic mass is 10.2. The Hall–Kier alpha value is -2.33. The van der Waals surface area contributed by atoms with E-state index in [0.29, 0.717) is 11.6 Å². The van der Waals surface area contributed by atoms with Crippen LogP contribution in [0.5, 0.6) is 0 Å². The third-order valence-corrected chi connectivity index (χ3v) is 3.72. The van der Waals surface area contributed by atoms with E-state index in [0.717, 1.165) is 16.7 Å². The van der Waals surface area contributed by atoms with Gasteiger partial charge in [-0.15, -0.1) is 0 Å². The summed E-state index contributed by atoms with van der Waals surface area (Å²) >= 11 is 6.01. The lowest BCUT2D eigenvalue weighted by molar-refractivity contribution is 1.08. The van der Waals surface area contributed by atoms with Gasteiger partial charge in [-0.05, 0) is 35.9 Å². The van der Waals surface area contributed by atoms with Gasteiger partial charge in [0.25, 0.3) is 0 Å². The molecule has 0 unspecified atom stereocenters. The Bertz CT molecular complexity index is 802. The van der Waals surface area contributed by atoms with Crippen LogP contribution in [0.4, 0.5) is 11.5 Å². The van der Waals surface area contributed by atoms with Gasteiger partial charge in [-0.3, -0.25) is 0 Å². The molecule has 0 amide bonds. The molecule has 1 heterocycles. The lowest BCUT2D eigenvalue weighted by Crippen LogP contribution is -2.09. The van der Waals surface area contributed by atoms with E-state index in [-0.39, 0.29) is 0 Å². The fourth-order valence-electron chi connectivity index (χ4n) is 2.30. The second-order valence-electron chi connectivity index (χ2n) is 5.30. The Morgan fingerprint density at radius 2 is 1.95 bits per heavy atom. The number of halogens is 1. The molecule has 0 aliphatic carbocycles. The van der Waals surface area contributed by atoms with Crippen molar-refractivity contribution in [2.75, 3.05) is 24.3 Å². The van der Waals surface area contributed by atoms with E-state index in [1.807, 2.05) is 32.3 Å². The summed E-state index contributed by atoms with van der Waals surface area (Å²) in [4.78, 5) is 10.7. The molecule has 0 radical (unpaired) electrons. The van der Waals surface area contributed by atoms with E-state index in [9.17, 15) is 0 Å². The average Bonchev–Trinajstić information content (AvgIpc) is 2.52. The van der Waals surface area contributed by atoms with E-state index in [1.54, 1.807) is 6.33 Å². The number of hydrogen-bond donors (Lipinski definition) is 1. The van der Waals surface area contributed by atoms with Crippen molar-refractivity contribution in [1.82, 2.24) is 9.97 Å². The van der Waals surface area contributed by atoms with Gasteiger partial charge < -0.3 is 10.2 Å². The van der Waals surface area contributed by atoms with Crippen molar-refractivity contribution in [3.63, 3.8) is 0 Å². The summed E-state index contributed by atoms with van der Waals surface area (Å²) in [6.07, 6.45) is 1.55. The molecule has 0 aliphatic heterocycles. The molecule has 0 spiro atoms. The van der Waals surface area contributed by atoms with Gasteiger partial charge in [0.15, 0.2) is 0 Å². The molecule has 112 valence electrons. The molecule has 0 atom stereocenters. The summed E-state index contributed by atoms with van der Waals surface area (Å²) < 4.78 is 0. The van der Waals surface area contributed by atoms with Crippen molar-refractivity contribution in [2.45, 2.75) is 6.54 Å². The molecule has 2 aromatic carbocycles. The first-order valence-corrected chi connectivity index (χ1v) is 7.42. The van der Waals surface area contributed by atoms with Crippen molar-refractivity contribution in [3.05, 3.63) is 59.4 Å². The van der Waals surface area contributed by atoms with Crippen LogP contribution in [0.2, 0.25) is 5.02 Å². The molecule has 4 nitrogen and oxygen atoms in total. The minimum Gasteiger partial charge on any atom is -0.378 e. The zero-order valence-electron chi connectivity index (χ0n) is 12.5. The number of rotatable bonds is 4. The molecule has 0 fully saturated rings. The number of aromatic nitrogens is 2. The van der Waals surface area contributed by atoms with Gasteiger partial charge >= 0.3 is 0 Å². The normalized spacial score (nSPS) is 10.7. The van der Waals surface area contributed by atoms with Crippen LogP contribution >= 0.6 is 11.6 Å². The van der Waals surface area contributed by atoms with Crippen molar-refractivity contribution < 1.29 is 0 Å². The molecule has 0 aliphatic rings. The number of hydrogen-bond acceptors (Lipinski definition) is 4. The molecule has 3 rings (SSSR count). The fraction of sp³-hybridized carbons (Fsp3) is 0.176. The largest absolute Gasteiger partial charge is 0.378 e. The summed E-state index contributed by atoms with van der Waals surface area (Å²) in [6, 6.07) is 14.0. The maximum Gasteiger partial charge on any atom is 0.137 e. The Labute approximate surface area is 134 Å². The van der Waals surface area contributed by atoms with E-state index < -0.39 is 0 Å². The first kappa shape index (κ1) is 14.6. The van der Waals surface area contributed by atoms with Gasteiger partial charge in [0.2, 0.25) is 0 Å². The Kier molecular flexibility index (Phi) is 4.11. The van der Waals surface area contributed by atoms with Crippen LogP contribution in [0.3, 0.4) is 0 Å². The van der Waals surface area contributed by atoms with Gasteiger partial charge in [-0.25, -0.2) is 9.97 Å². The highest BCUT2D eigenvalue weighted by Gasteiger charge is 2.04. The lowest BCUT2D eigenvalue weighted by Gasteiger charge is -2.14. The van der Waals surface area contributed by atoms with E-state index in [4.69, 9.17) is 11.6 Å². The van der Waals surface area contributed by atoms with Crippen LogP contribution in [0.25, 0.3) is 10.9 Å². The van der Waals surface area contributed by atoms with Crippen molar-refractivity contribution >= 4 is 34.0 Å². The van der Waals surface area contributed by atoms with Gasteiger partial charge in [0, 0.05) is 36.7 Å². The predicted molar refractivity (Wildman–Crippen MR) is 92.6 cm³/mol. The summed E-state index contributed by atoms with van der Waals surface area (Å²) in [5, 5.41) is 5.02. The summed E-state index contributed by atoms with van der Waals surface area (Å²) in [5.74, 6) is 0.817. The molecule has 22 heavy (non-hydrogen) atoms.